The van der Waals surface area contributed by atoms with E-state index in [9.17, 15) is 8.42 Å². The van der Waals surface area contributed by atoms with Gasteiger partial charge >= 0.3 is 0 Å². The second-order valence-electron chi connectivity index (χ2n) is 4.26. The van der Waals surface area contributed by atoms with Crippen LogP contribution in [0.25, 0.3) is 0 Å². The van der Waals surface area contributed by atoms with Gasteiger partial charge in [-0.25, -0.2) is 12.7 Å². The Labute approximate surface area is 92.9 Å². The normalized spacial score (nSPS) is 22.3. The van der Waals surface area contributed by atoms with Crippen LogP contribution in [0.5, 0.6) is 0 Å². The van der Waals surface area contributed by atoms with Gasteiger partial charge in [0.2, 0.25) is 10.0 Å². The van der Waals surface area contributed by atoms with Crippen molar-refractivity contribution in [2.24, 2.45) is 5.73 Å². The second-order valence-corrected chi connectivity index (χ2v) is 6.27. The highest BCUT2D eigenvalue weighted by Crippen LogP contribution is 2.14. The molecule has 1 heterocycles. The summed E-state index contributed by atoms with van der Waals surface area (Å²) in [6.07, 6.45) is 4.98. The third kappa shape index (κ3) is 4.09. The summed E-state index contributed by atoms with van der Waals surface area (Å²) in [5.41, 5.74) is 5.70. The van der Waals surface area contributed by atoms with Gasteiger partial charge in [0.25, 0.3) is 0 Å². The van der Waals surface area contributed by atoms with Crippen molar-refractivity contribution >= 4 is 10.0 Å². The Morgan fingerprint density at radius 2 is 1.73 bits per heavy atom. The van der Waals surface area contributed by atoms with E-state index in [1.807, 2.05) is 6.92 Å². The van der Waals surface area contributed by atoms with Crippen molar-refractivity contribution in [2.75, 3.05) is 18.8 Å². The molecule has 1 saturated heterocycles. The maximum Gasteiger partial charge on any atom is 0.215 e. The Kier molecular flexibility index (Phi) is 5.02. The molecule has 0 saturated carbocycles. The van der Waals surface area contributed by atoms with Gasteiger partial charge in [-0.3, -0.25) is 0 Å². The standard InChI is InChI=1S/C10H22N2O2S/c1-2-10(11)9-15(13,14)12-7-5-3-4-6-8-12/h10H,2-9,11H2,1H3. The summed E-state index contributed by atoms with van der Waals surface area (Å²) >= 11 is 0. The van der Waals surface area contributed by atoms with Gasteiger partial charge in [0, 0.05) is 19.1 Å². The fourth-order valence-corrected chi connectivity index (χ4v) is 3.62. The number of sulfonamides is 1. The van der Waals surface area contributed by atoms with Gasteiger partial charge in [-0.1, -0.05) is 19.8 Å². The molecule has 1 rings (SSSR count). The number of nitrogens with two attached hydrogens (primary N) is 1. The Bertz CT molecular complexity index is 269. The van der Waals surface area contributed by atoms with Gasteiger partial charge in [-0.15, -0.1) is 0 Å². The highest BCUT2D eigenvalue weighted by Gasteiger charge is 2.24. The maximum absolute atomic E-state index is 12.0. The minimum atomic E-state index is -3.11. The van der Waals surface area contributed by atoms with Crippen LogP contribution in [-0.2, 0) is 10.0 Å². The quantitative estimate of drug-likeness (QED) is 0.787. The van der Waals surface area contributed by atoms with E-state index in [0.29, 0.717) is 19.5 Å². The van der Waals surface area contributed by atoms with Crippen LogP contribution >= 0.6 is 0 Å². The molecular weight excluding hydrogens is 212 g/mol. The van der Waals surface area contributed by atoms with Gasteiger partial charge in [0.05, 0.1) is 5.75 Å². The van der Waals surface area contributed by atoms with E-state index in [1.165, 1.54) is 0 Å². The lowest BCUT2D eigenvalue weighted by Gasteiger charge is -2.21. The molecule has 4 nitrogen and oxygen atoms in total. The molecule has 5 heteroatoms. The Hall–Kier alpha value is -0.130. The topological polar surface area (TPSA) is 63.4 Å². The molecule has 15 heavy (non-hydrogen) atoms. The molecule has 0 aromatic heterocycles. The average Bonchev–Trinajstić information content (AvgIpc) is 2.45. The minimum absolute atomic E-state index is 0.101. The van der Waals surface area contributed by atoms with Crippen molar-refractivity contribution in [1.82, 2.24) is 4.31 Å². The zero-order chi connectivity index (χ0) is 11.3. The molecule has 1 aliphatic rings. The predicted octanol–water partition coefficient (Wildman–Crippen LogP) is 0.929. The number of nitrogens with zero attached hydrogens (tertiary/aromatic N) is 1. The fourth-order valence-electron chi connectivity index (χ4n) is 1.81. The van der Waals surface area contributed by atoms with Crippen LogP contribution in [0.15, 0.2) is 0 Å². The molecule has 0 aromatic rings. The van der Waals surface area contributed by atoms with Crippen LogP contribution in [0.4, 0.5) is 0 Å². The summed E-state index contributed by atoms with van der Waals surface area (Å²) in [6.45, 7) is 3.28. The summed E-state index contributed by atoms with van der Waals surface area (Å²) < 4.78 is 25.5. The summed E-state index contributed by atoms with van der Waals surface area (Å²) in [4.78, 5) is 0. The van der Waals surface area contributed by atoms with Gasteiger partial charge in [0.1, 0.15) is 0 Å². The van der Waals surface area contributed by atoms with Crippen molar-refractivity contribution < 1.29 is 8.42 Å². The van der Waals surface area contributed by atoms with Crippen molar-refractivity contribution in [3.8, 4) is 0 Å². The molecular formula is C10H22N2O2S. The van der Waals surface area contributed by atoms with Gasteiger partial charge in [-0.05, 0) is 19.3 Å². The van der Waals surface area contributed by atoms with E-state index in [-0.39, 0.29) is 11.8 Å². The first-order chi connectivity index (χ1) is 7.06. The van der Waals surface area contributed by atoms with Gasteiger partial charge < -0.3 is 5.73 Å². The molecule has 90 valence electrons. The number of hydrogen-bond acceptors (Lipinski definition) is 3. The summed E-state index contributed by atoms with van der Waals surface area (Å²) in [5, 5.41) is 0. The molecule has 2 N–H and O–H groups in total. The first kappa shape index (κ1) is 12.9. The van der Waals surface area contributed by atoms with Crippen LogP contribution in [0.2, 0.25) is 0 Å². The Balaban J connectivity index is 2.58. The van der Waals surface area contributed by atoms with Crippen LogP contribution < -0.4 is 5.73 Å². The van der Waals surface area contributed by atoms with E-state index in [0.717, 1.165) is 25.7 Å². The minimum Gasteiger partial charge on any atom is -0.327 e. The highest BCUT2D eigenvalue weighted by atomic mass is 32.2. The van der Waals surface area contributed by atoms with Crippen LogP contribution in [0.3, 0.4) is 0 Å². The van der Waals surface area contributed by atoms with Gasteiger partial charge in [-0.2, -0.15) is 0 Å². The molecule has 1 fully saturated rings. The lowest BCUT2D eigenvalue weighted by atomic mass is 10.2. The molecule has 0 aromatic carbocycles. The third-order valence-corrected chi connectivity index (χ3v) is 4.91. The monoisotopic (exact) mass is 234 g/mol. The van der Waals surface area contributed by atoms with E-state index < -0.39 is 10.0 Å². The van der Waals surface area contributed by atoms with Crippen molar-refractivity contribution in [3.05, 3.63) is 0 Å². The third-order valence-electron chi connectivity index (χ3n) is 2.91. The van der Waals surface area contributed by atoms with Crippen molar-refractivity contribution in [1.29, 1.82) is 0 Å². The molecule has 0 aliphatic carbocycles. The molecule has 0 bridgehead atoms. The zero-order valence-corrected chi connectivity index (χ0v) is 10.3. The SMILES string of the molecule is CCC(N)CS(=O)(=O)N1CCCCCC1. The molecule has 1 atom stereocenters. The maximum atomic E-state index is 12.0. The van der Waals surface area contributed by atoms with E-state index >= 15 is 0 Å². The number of rotatable bonds is 4. The highest BCUT2D eigenvalue weighted by molar-refractivity contribution is 7.89. The van der Waals surface area contributed by atoms with Crippen LogP contribution in [0.1, 0.15) is 39.0 Å². The summed E-state index contributed by atoms with van der Waals surface area (Å²) in [5.74, 6) is 0.101. The Morgan fingerprint density at radius 3 is 2.20 bits per heavy atom. The average molecular weight is 234 g/mol. The molecule has 1 aliphatic heterocycles. The molecule has 0 radical (unpaired) electrons. The predicted molar refractivity (Wildman–Crippen MR) is 62.1 cm³/mol. The van der Waals surface area contributed by atoms with E-state index in [4.69, 9.17) is 5.73 Å². The molecule has 0 amide bonds. The van der Waals surface area contributed by atoms with Crippen molar-refractivity contribution in [2.45, 2.75) is 45.1 Å². The lowest BCUT2D eigenvalue weighted by molar-refractivity contribution is 0.420. The molecule has 0 spiro atoms. The largest absolute Gasteiger partial charge is 0.327 e. The Morgan fingerprint density at radius 1 is 1.20 bits per heavy atom. The fraction of sp³-hybridized carbons (Fsp3) is 1.00. The van der Waals surface area contributed by atoms with E-state index in [1.54, 1.807) is 4.31 Å². The summed E-state index contributed by atoms with van der Waals surface area (Å²) in [6, 6.07) is -0.224. The smallest absolute Gasteiger partial charge is 0.215 e. The second kappa shape index (κ2) is 5.82. The first-order valence-electron chi connectivity index (χ1n) is 5.79. The van der Waals surface area contributed by atoms with E-state index in [2.05, 4.69) is 0 Å². The van der Waals surface area contributed by atoms with Crippen molar-refractivity contribution in [3.63, 3.8) is 0 Å². The van der Waals surface area contributed by atoms with Crippen LogP contribution in [0, 0.1) is 0 Å². The first-order valence-corrected chi connectivity index (χ1v) is 7.40. The van der Waals surface area contributed by atoms with Gasteiger partial charge in [0.15, 0.2) is 0 Å². The molecule has 1 unspecified atom stereocenters. The summed E-state index contributed by atoms with van der Waals surface area (Å²) in [7, 11) is -3.11. The van der Waals surface area contributed by atoms with Crippen LogP contribution in [-0.4, -0.2) is 37.6 Å². The number of hydrogen-bond donors (Lipinski definition) is 1. The zero-order valence-electron chi connectivity index (χ0n) is 9.48. The lowest BCUT2D eigenvalue weighted by Crippen LogP contribution is -2.39.